The molecular formula is C15H27NO4S2. The topological polar surface area (TPSA) is 83.5 Å². The number of nitrogens with one attached hydrogen (secondary N) is 1. The van der Waals surface area contributed by atoms with Crippen molar-refractivity contribution in [3.63, 3.8) is 0 Å². The first-order valence-electron chi connectivity index (χ1n) is 7.68. The molecule has 2 aliphatic carbocycles. The van der Waals surface area contributed by atoms with Crippen molar-refractivity contribution < 1.29 is 18.3 Å². The maximum Gasteiger partial charge on any atom is 0.212 e. The third-order valence-corrected chi connectivity index (χ3v) is 8.07. The average Bonchev–Trinajstić information content (AvgIpc) is 2.70. The summed E-state index contributed by atoms with van der Waals surface area (Å²) in [6.07, 6.45) is 3.96. The summed E-state index contributed by atoms with van der Waals surface area (Å²) < 4.78 is 27.4. The summed E-state index contributed by atoms with van der Waals surface area (Å²) in [6, 6.07) is 0. The summed E-state index contributed by atoms with van der Waals surface area (Å²) in [4.78, 5) is 12.4. The van der Waals surface area contributed by atoms with Crippen LogP contribution in [0, 0.1) is 16.7 Å². The van der Waals surface area contributed by atoms with Crippen LogP contribution in [0.25, 0.3) is 0 Å². The molecule has 2 N–H and O–H groups in total. The minimum absolute atomic E-state index is 0.0235. The molecule has 0 radical (unpaired) electrons. The van der Waals surface area contributed by atoms with Crippen molar-refractivity contribution >= 4 is 27.6 Å². The minimum Gasteiger partial charge on any atom is -0.388 e. The number of thioether (sulfide) groups is 1. The lowest BCUT2D eigenvalue weighted by Gasteiger charge is -2.36. The van der Waals surface area contributed by atoms with E-state index in [0.29, 0.717) is 24.5 Å². The number of sulfonamides is 1. The molecule has 5 nitrogen and oxygen atoms in total. The molecule has 0 aromatic rings. The van der Waals surface area contributed by atoms with Gasteiger partial charge in [-0.25, -0.2) is 13.1 Å². The lowest BCUT2D eigenvalue weighted by atomic mass is 9.70. The van der Waals surface area contributed by atoms with Crippen molar-refractivity contribution in [1.82, 2.24) is 4.72 Å². The van der Waals surface area contributed by atoms with Gasteiger partial charge < -0.3 is 5.11 Å². The standard InChI is InChI=1S/C15H27NO4S2/c1-13(2)11-5-6-15(13,12(17)7-11)10-22(19,20)16-8-14(3,18)9-21-4/h11,16,18H,5-10H2,1-4H3. The van der Waals surface area contributed by atoms with E-state index in [2.05, 4.69) is 4.72 Å². The van der Waals surface area contributed by atoms with E-state index in [0.717, 1.165) is 6.42 Å². The number of hydrogen-bond acceptors (Lipinski definition) is 5. The average molecular weight is 350 g/mol. The first kappa shape index (κ1) is 18.2. The monoisotopic (exact) mass is 349 g/mol. The zero-order chi connectivity index (χ0) is 16.8. The van der Waals surface area contributed by atoms with Gasteiger partial charge in [-0.2, -0.15) is 11.8 Å². The highest BCUT2D eigenvalue weighted by atomic mass is 32.2. The first-order valence-corrected chi connectivity index (χ1v) is 10.7. The van der Waals surface area contributed by atoms with Gasteiger partial charge in [-0.3, -0.25) is 4.79 Å². The number of carbonyl (C=O) groups excluding carboxylic acids is 1. The van der Waals surface area contributed by atoms with Gasteiger partial charge in [-0.05, 0) is 37.4 Å². The lowest BCUT2D eigenvalue weighted by Crippen LogP contribution is -2.48. The predicted octanol–water partition coefficient (Wildman–Crippen LogP) is 1.42. The summed E-state index contributed by atoms with van der Waals surface area (Å²) in [5.41, 5.74) is -2.10. The highest BCUT2D eigenvalue weighted by Gasteiger charge is 2.65. The zero-order valence-electron chi connectivity index (χ0n) is 13.8. The highest BCUT2D eigenvalue weighted by molar-refractivity contribution is 7.98. The smallest absolute Gasteiger partial charge is 0.212 e. The molecule has 0 amide bonds. The third-order valence-electron chi connectivity index (χ3n) is 5.70. The maximum atomic E-state index is 12.5. The van der Waals surface area contributed by atoms with Crippen molar-refractivity contribution in [2.24, 2.45) is 16.7 Å². The Labute approximate surface area is 137 Å². The Morgan fingerprint density at radius 2 is 2.09 bits per heavy atom. The molecule has 2 fully saturated rings. The Bertz CT molecular complexity index is 556. The summed E-state index contributed by atoms with van der Waals surface area (Å²) in [6.45, 7) is 5.63. The Morgan fingerprint density at radius 3 is 2.55 bits per heavy atom. The lowest BCUT2D eigenvalue weighted by molar-refractivity contribution is -0.128. The van der Waals surface area contributed by atoms with Gasteiger partial charge in [0, 0.05) is 24.1 Å². The molecule has 22 heavy (non-hydrogen) atoms. The zero-order valence-corrected chi connectivity index (χ0v) is 15.4. The van der Waals surface area contributed by atoms with E-state index in [1.807, 2.05) is 20.1 Å². The molecule has 3 unspecified atom stereocenters. The summed E-state index contributed by atoms with van der Waals surface area (Å²) in [5, 5.41) is 10.1. The molecule has 2 aliphatic rings. The van der Waals surface area contributed by atoms with Crippen molar-refractivity contribution in [3.8, 4) is 0 Å². The van der Waals surface area contributed by atoms with Gasteiger partial charge in [-0.1, -0.05) is 13.8 Å². The number of fused-ring (bicyclic) bond motifs is 2. The van der Waals surface area contributed by atoms with Crippen LogP contribution in [0.4, 0.5) is 0 Å². The second-order valence-corrected chi connectivity index (χ2v) is 10.3. The molecule has 0 saturated heterocycles. The molecule has 3 atom stereocenters. The van der Waals surface area contributed by atoms with Crippen LogP contribution in [-0.4, -0.2) is 49.2 Å². The largest absolute Gasteiger partial charge is 0.388 e. The summed E-state index contributed by atoms with van der Waals surface area (Å²) in [5.74, 6) is 0.690. The third kappa shape index (κ3) is 3.09. The molecule has 0 spiro atoms. The molecule has 0 heterocycles. The van der Waals surface area contributed by atoms with Crippen molar-refractivity contribution in [3.05, 3.63) is 0 Å². The fraction of sp³-hybridized carbons (Fsp3) is 0.933. The number of rotatable bonds is 7. The highest BCUT2D eigenvalue weighted by Crippen LogP contribution is 2.64. The normalized spacial score (nSPS) is 33.1. The SMILES string of the molecule is CSCC(C)(O)CNS(=O)(=O)CC12CCC(CC1=O)C2(C)C. The molecule has 128 valence electrons. The van der Waals surface area contributed by atoms with Crippen molar-refractivity contribution in [2.45, 2.75) is 45.6 Å². The van der Waals surface area contributed by atoms with Gasteiger partial charge in [0.15, 0.2) is 0 Å². The molecule has 0 aliphatic heterocycles. The van der Waals surface area contributed by atoms with E-state index in [-0.39, 0.29) is 23.5 Å². The Hall–Kier alpha value is -0.110. The molecule has 0 aromatic heterocycles. The van der Waals surface area contributed by atoms with Gasteiger partial charge in [0.25, 0.3) is 0 Å². The van der Waals surface area contributed by atoms with Crippen LogP contribution < -0.4 is 4.72 Å². The van der Waals surface area contributed by atoms with E-state index < -0.39 is 21.0 Å². The van der Waals surface area contributed by atoms with Crippen molar-refractivity contribution in [2.75, 3.05) is 24.3 Å². The van der Waals surface area contributed by atoms with Gasteiger partial charge in [0.2, 0.25) is 10.0 Å². The Balaban J connectivity index is 2.11. The minimum atomic E-state index is -3.60. The van der Waals surface area contributed by atoms with Crippen LogP contribution in [0.2, 0.25) is 0 Å². The molecule has 2 bridgehead atoms. The van der Waals surface area contributed by atoms with E-state index in [1.54, 1.807) is 6.92 Å². The van der Waals surface area contributed by atoms with Gasteiger partial charge >= 0.3 is 0 Å². The quantitative estimate of drug-likeness (QED) is 0.726. The Kier molecular flexibility index (Phi) is 4.77. The Morgan fingerprint density at radius 1 is 1.45 bits per heavy atom. The number of carbonyl (C=O) groups is 1. The van der Waals surface area contributed by atoms with E-state index >= 15 is 0 Å². The van der Waals surface area contributed by atoms with Gasteiger partial charge in [-0.15, -0.1) is 0 Å². The van der Waals surface area contributed by atoms with Crippen LogP contribution in [-0.2, 0) is 14.8 Å². The maximum absolute atomic E-state index is 12.5. The first-order chi connectivity index (χ1) is 9.96. The van der Waals surface area contributed by atoms with E-state index in [4.69, 9.17) is 0 Å². The fourth-order valence-corrected chi connectivity index (χ4v) is 6.79. The van der Waals surface area contributed by atoms with Crippen LogP contribution in [0.15, 0.2) is 0 Å². The van der Waals surface area contributed by atoms with Gasteiger partial charge in [0.1, 0.15) is 5.78 Å². The number of aliphatic hydroxyl groups is 1. The van der Waals surface area contributed by atoms with E-state index in [1.165, 1.54) is 11.8 Å². The second-order valence-electron chi connectivity index (χ2n) is 7.68. The number of ketones is 1. The van der Waals surface area contributed by atoms with Crippen LogP contribution in [0.1, 0.15) is 40.0 Å². The molecule has 7 heteroatoms. The second kappa shape index (κ2) is 5.76. The summed E-state index contributed by atoms with van der Waals surface area (Å²) in [7, 11) is -3.60. The number of hydrogen-bond donors (Lipinski definition) is 2. The predicted molar refractivity (Wildman–Crippen MR) is 89.4 cm³/mol. The molecule has 2 rings (SSSR count). The summed E-state index contributed by atoms with van der Waals surface area (Å²) >= 11 is 1.46. The molecular weight excluding hydrogens is 322 g/mol. The van der Waals surface area contributed by atoms with Crippen molar-refractivity contribution in [1.29, 1.82) is 0 Å². The fourth-order valence-electron chi connectivity index (χ4n) is 4.11. The van der Waals surface area contributed by atoms with Crippen LogP contribution >= 0.6 is 11.8 Å². The molecule has 0 aromatic carbocycles. The van der Waals surface area contributed by atoms with Gasteiger partial charge in [0.05, 0.1) is 11.4 Å². The number of Topliss-reactive ketones (excluding diaryl/α,β-unsaturated/α-hetero) is 1. The van der Waals surface area contributed by atoms with Crippen LogP contribution in [0.5, 0.6) is 0 Å². The van der Waals surface area contributed by atoms with Crippen LogP contribution in [0.3, 0.4) is 0 Å². The van der Waals surface area contributed by atoms with E-state index in [9.17, 15) is 18.3 Å². The molecule has 2 saturated carbocycles.